The molecule has 0 unspecified atom stereocenters. The van der Waals surface area contributed by atoms with Crippen molar-refractivity contribution >= 4 is 34.0 Å². The summed E-state index contributed by atoms with van der Waals surface area (Å²) in [5.41, 5.74) is 2.27. The summed E-state index contributed by atoms with van der Waals surface area (Å²) < 4.78 is 39.0. The molecule has 6 heteroatoms. The Hall–Kier alpha value is -1.44. The van der Waals surface area contributed by atoms with Gasteiger partial charge in [0.2, 0.25) is 0 Å². The van der Waals surface area contributed by atoms with E-state index in [4.69, 9.17) is 0 Å². The van der Waals surface area contributed by atoms with Crippen LogP contribution in [-0.4, -0.2) is 10.7 Å². The molecule has 1 aliphatic heterocycles. The van der Waals surface area contributed by atoms with Crippen LogP contribution >= 0.6 is 22.6 Å². The minimum absolute atomic E-state index is 0.405. The predicted octanol–water partition coefficient (Wildman–Crippen LogP) is 4.38. The zero-order valence-corrected chi connectivity index (χ0v) is 12.2. The molecule has 2 heterocycles. The van der Waals surface area contributed by atoms with Crippen LogP contribution in [0.25, 0.3) is 0 Å². The summed E-state index contributed by atoms with van der Waals surface area (Å²) in [6, 6.07) is 5.55. The Labute approximate surface area is 126 Å². The highest BCUT2D eigenvalue weighted by molar-refractivity contribution is 14.1. The lowest BCUT2D eigenvalue weighted by Gasteiger charge is -2.07. The Bertz CT molecular complexity index is 708. The molecule has 0 saturated carbocycles. The standard InChI is InChI=1S/C14H8F3IN2/c15-14(16,17)9-2-1-8-5-13(20-12(8)6-9)10-3-4-19-7-11(10)18/h1-4,6-7H,5H2. The van der Waals surface area contributed by atoms with Crippen LogP contribution in [0.3, 0.4) is 0 Å². The van der Waals surface area contributed by atoms with Gasteiger partial charge in [0.15, 0.2) is 0 Å². The van der Waals surface area contributed by atoms with Gasteiger partial charge in [0.25, 0.3) is 0 Å². The summed E-state index contributed by atoms with van der Waals surface area (Å²) in [5.74, 6) is 0. The van der Waals surface area contributed by atoms with Crippen LogP contribution < -0.4 is 0 Å². The Kier molecular flexibility index (Phi) is 3.27. The molecule has 102 valence electrons. The van der Waals surface area contributed by atoms with E-state index in [1.54, 1.807) is 12.4 Å². The SMILES string of the molecule is FC(F)(F)c1ccc2c(c1)N=C(c1ccncc1I)C2. The summed E-state index contributed by atoms with van der Waals surface area (Å²) in [6.07, 6.45) is -0.418. The van der Waals surface area contributed by atoms with Gasteiger partial charge in [-0.3, -0.25) is 9.98 Å². The molecule has 1 aromatic carbocycles. The van der Waals surface area contributed by atoms with Crippen LogP contribution in [-0.2, 0) is 12.6 Å². The van der Waals surface area contributed by atoms with E-state index in [0.717, 1.165) is 32.5 Å². The molecule has 0 aliphatic carbocycles. The monoisotopic (exact) mass is 388 g/mol. The largest absolute Gasteiger partial charge is 0.416 e. The van der Waals surface area contributed by atoms with Crippen LogP contribution in [0.1, 0.15) is 16.7 Å². The quantitative estimate of drug-likeness (QED) is 0.666. The summed E-state index contributed by atoms with van der Waals surface area (Å²) in [4.78, 5) is 8.34. The lowest BCUT2D eigenvalue weighted by molar-refractivity contribution is -0.137. The number of hydrogen-bond donors (Lipinski definition) is 0. The first kappa shape index (κ1) is 13.5. The van der Waals surface area contributed by atoms with Crippen LogP contribution in [0.2, 0.25) is 0 Å². The molecule has 2 nitrogen and oxygen atoms in total. The third-order valence-corrected chi connectivity index (χ3v) is 3.97. The van der Waals surface area contributed by atoms with E-state index in [0.29, 0.717) is 12.1 Å². The van der Waals surface area contributed by atoms with Gasteiger partial charge in [0.05, 0.1) is 17.0 Å². The number of nitrogens with zero attached hydrogens (tertiary/aromatic N) is 2. The molecule has 0 fully saturated rings. The van der Waals surface area contributed by atoms with E-state index in [1.807, 2.05) is 6.07 Å². The van der Waals surface area contributed by atoms with Crippen molar-refractivity contribution in [3.63, 3.8) is 0 Å². The average molecular weight is 388 g/mol. The second-order valence-electron chi connectivity index (χ2n) is 4.43. The highest BCUT2D eigenvalue weighted by Gasteiger charge is 2.32. The number of pyridine rings is 1. The van der Waals surface area contributed by atoms with Gasteiger partial charge in [0.1, 0.15) is 0 Å². The number of hydrogen-bond acceptors (Lipinski definition) is 2. The topological polar surface area (TPSA) is 25.2 Å². The lowest BCUT2D eigenvalue weighted by atomic mass is 10.0. The fourth-order valence-electron chi connectivity index (χ4n) is 2.12. The molecule has 20 heavy (non-hydrogen) atoms. The Morgan fingerprint density at radius 3 is 2.65 bits per heavy atom. The number of aromatic nitrogens is 1. The average Bonchev–Trinajstić information content (AvgIpc) is 2.80. The van der Waals surface area contributed by atoms with E-state index in [1.165, 1.54) is 6.07 Å². The van der Waals surface area contributed by atoms with Gasteiger partial charge in [-0.2, -0.15) is 13.2 Å². The maximum Gasteiger partial charge on any atom is 0.416 e. The molecule has 0 radical (unpaired) electrons. The van der Waals surface area contributed by atoms with Gasteiger partial charge >= 0.3 is 6.18 Å². The summed E-state index contributed by atoms with van der Waals surface area (Å²) in [6.45, 7) is 0. The summed E-state index contributed by atoms with van der Waals surface area (Å²) >= 11 is 2.15. The molecular weight excluding hydrogens is 380 g/mol. The van der Waals surface area contributed by atoms with Gasteiger partial charge in [-0.05, 0) is 46.4 Å². The fraction of sp³-hybridized carbons (Fsp3) is 0.143. The Morgan fingerprint density at radius 1 is 1.15 bits per heavy atom. The zero-order valence-electron chi connectivity index (χ0n) is 10.1. The number of benzene rings is 1. The van der Waals surface area contributed by atoms with E-state index < -0.39 is 11.7 Å². The van der Waals surface area contributed by atoms with Crippen LogP contribution in [0.15, 0.2) is 41.7 Å². The Morgan fingerprint density at radius 2 is 1.95 bits per heavy atom. The van der Waals surface area contributed by atoms with Crippen LogP contribution in [0.4, 0.5) is 18.9 Å². The predicted molar refractivity (Wildman–Crippen MR) is 78.3 cm³/mol. The molecule has 1 aliphatic rings. The van der Waals surface area contributed by atoms with Crippen LogP contribution in [0.5, 0.6) is 0 Å². The minimum atomic E-state index is -4.33. The van der Waals surface area contributed by atoms with Crippen molar-refractivity contribution in [2.75, 3.05) is 0 Å². The first-order chi connectivity index (χ1) is 9.45. The van der Waals surface area contributed by atoms with Crippen molar-refractivity contribution in [2.45, 2.75) is 12.6 Å². The van der Waals surface area contributed by atoms with Crippen molar-refractivity contribution in [3.05, 3.63) is 56.9 Å². The van der Waals surface area contributed by atoms with Gasteiger partial charge in [0, 0.05) is 27.9 Å². The second kappa shape index (κ2) is 4.83. The number of rotatable bonds is 1. The second-order valence-corrected chi connectivity index (χ2v) is 5.59. The third kappa shape index (κ3) is 2.44. The van der Waals surface area contributed by atoms with Crippen molar-refractivity contribution < 1.29 is 13.2 Å². The molecule has 0 atom stereocenters. The Balaban J connectivity index is 2.02. The molecule has 1 aromatic heterocycles. The van der Waals surface area contributed by atoms with E-state index in [2.05, 4.69) is 32.6 Å². The van der Waals surface area contributed by atoms with Gasteiger partial charge in [-0.25, -0.2) is 0 Å². The van der Waals surface area contributed by atoms with Crippen molar-refractivity contribution in [3.8, 4) is 0 Å². The van der Waals surface area contributed by atoms with Crippen molar-refractivity contribution in [2.24, 2.45) is 4.99 Å². The number of halogens is 4. The summed E-state index contributed by atoms with van der Waals surface area (Å²) in [7, 11) is 0. The van der Waals surface area contributed by atoms with Gasteiger partial charge in [-0.15, -0.1) is 0 Å². The number of fused-ring (bicyclic) bond motifs is 1. The van der Waals surface area contributed by atoms with Crippen LogP contribution in [0, 0.1) is 3.57 Å². The highest BCUT2D eigenvalue weighted by atomic mass is 127. The van der Waals surface area contributed by atoms with Crippen molar-refractivity contribution in [1.82, 2.24) is 4.98 Å². The molecule has 0 spiro atoms. The molecule has 0 amide bonds. The lowest BCUT2D eigenvalue weighted by Crippen LogP contribution is -2.04. The first-order valence-electron chi connectivity index (χ1n) is 5.83. The maximum absolute atomic E-state index is 12.7. The van der Waals surface area contributed by atoms with E-state index in [9.17, 15) is 13.2 Å². The zero-order chi connectivity index (χ0) is 14.3. The fourth-order valence-corrected chi connectivity index (χ4v) is 2.78. The highest BCUT2D eigenvalue weighted by Crippen LogP contribution is 2.36. The van der Waals surface area contributed by atoms with Gasteiger partial charge < -0.3 is 0 Å². The molecule has 0 saturated heterocycles. The molecule has 0 N–H and O–H groups in total. The van der Waals surface area contributed by atoms with E-state index in [-0.39, 0.29) is 0 Å². The number of aliphatic imine (C=N–C) groups is 1. The molecule has 3 rings (SSSR count). The molecule has 2 aromatic rings. The van der Waals surface area contributed by atoms with Gasteiger partial charge in [-0.1, -0.05) is 6.07 Å². The van der Waals surface area contributed by atoms with Crippen molar-refractivity contribution in [1.29, 1.82) is 0 Å². The molecule has 0 bridgehead atoms. The minimum Gasteiger partial charge on any atom is -0.264 e. The molecular formula is C14H8F3IN2. The maximum atomic E-state index is 12.7. The summed E-state index contributed by atoms with van der Waals surface area (Å²) in [5, 5.41) is 0. The number of alkyl halides is 3. The third-order valence-electron chi connectivity index (χ3n) is 3.11. The smallest absolute Gasteiger partial charge is 0.264 e. The van der Waals surface area contributed by atoms with E-state index >= 15 is 0 Å². The normalized spacial score (nSPS) is 14.1. The first-order valence-corrected chi connectivity index (χ1v) is 6.90.